The van der Waals surface area contributed by atoms with E-state index in [9.17, 15) is 13.2 Å². The average Bonchev–Trinajstić information content (AvgIpc) is 2.73. The van der Waals surface area contributed by atoms with Crippen LogP contribution in [0.5, 0.6) is 0 Å². The van der Waals surface area contributed by atoms with Crippen molar-refractivity contribution in [2.45, 2.75) is 13.5 Å². The van der Waals surface area contributed by atoms with Crippen LogP contribution >= 0.6 is 0 Å². The number of aryl methyl sites for hydroxylation is 1. The molecule has 0 aliphatic rings. The van der Waals surface area contributed by atoms with E-state index in [1.165, 1.54) is 4.31 Å². The number of hydrogen-bond donors (Lipinski definition) is 1. The van der Waals surface area contributed by atoms with Gasteiger partial charge in [-0.05, 0) is 42.3 Å². The first kappa shape index (κ1) is 21.3. The summed E-state index contributed by atoms with van der Waals surface area (Å²) in [6, 6.07) is 23.5. The number of carbonyl (C=O) groups excluding carboxylic acids is 1. The largest absolute Gasteiger partial charge is 0.271 e. The number of rotatable bonds is 7. The third-order valence-corrected chi connectivity index (χ3v) is 5.58. The van der Waals surface area contributed by atoms with Crippen LogP contribution in [0.1, 0.15) is 27.0 Å². The van der Waals surface area contributed by atoms with E-state index in [0.717, 1.165) is 22.9 Å². The molecular weight excluding hydrogens is 398 g/mol. The topological polar surface area (TPSA) is 78.8 Å². The molecule has 0 aliphatic carbocycles. The lowest BCUT2D eigenvalue weighted by molar-refractivity contribution is 0.0955. The first-order valence-corrected chi connectivity index (χ1v) is 11.2. The Kier molecular flexibility index (Phi) is 6.64. The molecule has 0 saturated carbocycles. The third kappa shape index (κ3) is 5.78. The lowest BCUT2D eigenvalue weighted by atomic mass is 10.2. The van der Waals surface area contributed by atoms with Gasteiger partial charge in [-0.1, -0.05) is 60.2 Å². The van der Waals surface area contributed by atoms with E-state index in [2.05, 4.69) is 10.5 Å². The molecule has 3 aromatic rings. The van der Waals surface area contributed by atoms with Crippen molar-refractivity contribution in [3.05, 3.63) is 101 Å². The summed E-state index contributed by atoms with van der Waals surface area (Å²) in [5, 5.41) is 3.97. The van der Waals surface area contributed by atoms with Crippen LogP contribution in [0.15, 0.2) is 84.0 Å². The Morgan fingerprint density at radius 2 is 1.60 bits per heavy atom. The molecule has 0 aliphatic heterocycles. The van der Waals surface area contributed by atoms with Crippen LogP contribution in [0.2, 0.25) is 0 Å². The van der Waals surface area contributed by atoms with E-state index in [1.807, 2.05) is 61.5 Å². The first-order valence-electron chi connectivity index (χ1n) is 9.35. The molecule has 1 N–H and O–H groups in total. The lowest BCUT2D eigenvalue weighted by Gasteiger charge is -2.22. The molecule has 0 heterocycles. The Bertz CT molecular complexity index is 1120. The third-order valence-electron chi connectivity index (χ3n) is 4.44. The number of benzene rings is 3. The Morgan fingerprint density at radius 1 is 0.967 bits per heavy atom. The lowest BCUT2D eigenvalue weighted by Crippen LogP contribution is -2.29. The SMILES string of the molecule is Cc1ccc(C=NNC(=O)c2ccc(N(Cc3ccccc3)S(C)(=O)=O)cc2)cc1. The van der Waals surface area contributed by atoms with Gasteiger partial charge in [0, 0.05) is 5.56 Å². The van der Waals surface area contributed by atoms with Gasteiger partial charge in [0.25, 0.3) is 5.91 Å². The second-order valence-electron chi connectivity index (χ2n) is 6.91. The molecule has 0 fully saturated rings. The van der Waals surface area contributed by atoms with Gasteiger partial charge in [-0.25, -0.2) is 13.8 Å². The fourth-order valence-corrected chi connectivity index (χ4v) is 3.70. The van der Waals surface area contributed by atoms with Gasteiger partial charge in [0.15, 0.2) is 0 Å². The second kappa shape index (κ2) is 9.37. The number of hydrogen-bond acceptors (Lipinski definition) is 4. The molecule has 30 heavy (non-hydrogen) atoms. The summed E-state index contributed by atoms with van der Waals surface area (Å²) in [6.07, 6.45) is 2.73. The number of amides is 1. The zero-order chi connectivity index (χ0) is 21.6. The number of hydrazone groups is 1. The second-order valence-corrected chi connectivity index (χ2v) is 8.82. The fraction of sp³-hybridized carbons (Fsp3) is 0.130. The Balaban J connectivity index is 1.70. The van der Waals surface area contributed by atoms with Crippen molar-refractivity contribution in [1.82, 2.24) is 5.43 Å². The summed E-state index contributed by atoms with van der Waals surface area (Å²) in [7, 11) is -3.49. The van der Waals surface area contributed by atoms with Crippen LogP contribution < -0.4 is 9.73 Å². The average molecular weight is 422 g/mol. The highest BCUT2D eigenvalue weighted by Gasteiger charge is 2.18. The minimum Gasteiger partial charge on any atom is -0.267 e. The van der Waals surface area contributed by atoms with Crippen molar-refractivity contribution in [2.75, 3.05) is 10.6 Å². The molecule has 3 rings (SSSR count). The number of carbonyl (C=O) groups is 1. The predicted molar refractivity (Wildman–Crippen MR) is 120 cm³/mol. The highest BCUT2D eigenvalue weighted by Crippen LogP contribution is 2.21. The van der Waals surface area contributed by atoms with Crippen molar-refractivity contribution in [3.63, 3.8) is 0 Å². The van der Waals surface area contributed by atoms with E-state index >= 15 is 0 Å². The molecule has 0 saturated heterocycles. The van der Waals surface area contributed by atoms with E-state index < -0.39 is 10.0 Å². The zero-order valence-corrected chi connectivity index (χ0v) is 17.6. The van der Waals surface area contributed by atoms with Crippen molar-refractivity contribution in [1.29, 1.82) is 0 Å². The Hall–Kier alpha value is -3.45. The molecule has 0 unspecified atom stereocenters. The monoisotopic (exact) mass is 421 g/mol. The summed E-state index contributed by atoms with van der Waals surface area (Å²) in [4.78, 5) is 12.3. The molecule has 154 valence electrons. The van der Waals surface area contributed by atoms with Gasteiger partial charge in [-0.3, -0.25) is 9.10 Å². The van der Waals surface area contributed by atoms with Gasteiger partial charge in [-0.2, -0.15) is 5.10 Å². The number of sulfonamides is 1. The Morgan fingerprint density at radius 3 is 2.20 bits per heavy atom. The molecule has 0 radical (unpaired) electrons. The van der Waals surface area contributed by atoms with Crippen LogP contribution in [-0.2, 0) is 16.6 Å². The van der Waals surface area contributed by atoms with E-state index in [-0.39, 0.29) is 12.5 Å². The van der Waals surface area contributed by atoms with Gasteiger partial charge in [0.2, 0.25) is 10.0 Å². The molecule has 0 atom stereocenters. The molecule has 3 aromatic carbocycles. The smallest absolute Gasteiger partial charge is 0.267 e. The summed E-state index contributed by atoms with van der Waals surface area (Å²) in [5.41, 5.74) is 6.24. The highest BCUT2D eigenvalue weighted by molar-refractivity contribution is 7.92. The minimum atomic E-state index is -3.49. The maximum absolute atomic E-state index is 12.3. The predicted octanol–water partition coefficient (Wildman–Crippen LogP) is 3.73. The van der Waals surface area contributed by atoms with E-state index in [4.69, 9.17) is 0 Å². The van der Waals surface area contributed by atoms with Crippen LogP contribution in [0.3, 0.4) is 0 Å². The van der Waals surface area contributed by atoms with Gasteiger partial charge in [0.1, 0.15) is 0 Å². The Labute approximate surface area is 176 Å². The normalized spacial score (nSPS) is 11.4. The van der Waals surface area contributed by atoms with Gasteiger partial charge in [0.05, 0.1) is 24.7 Å². The van der Waals surface area contributed by atoms with Crippen molar-refractivity contribution < 1.29 is 13.2 Å². The number of nitrogens with zero attached hydrogens (tertiary/aromatic N) is 2. The van der Waals surface area contributed by atoms with Crippen molar-refractivity contribution >= 4 is 27.8 Å². The van der Waals surface area contributed by atoms with E-state index in [0.29, 0.717) is 11.3 Å². The fourth-order valence-electron chi connectivity index (χ4n) is 2.81. The quantitative estimate of drug-likeness (QED) is 0.466. The van der Waals surface area contributed by atoms with Crippen LogP contribution in [0.4, 0.5) is 5.69 Å². The molecule has 7 heteroatoms. The first-order chi connectivity index (χ1) is 14.3. The summed E-state index contributed by atoms with van der Waals surface area (Å²) < 4.78 is 25.9. The number of anilines is 1. The van der Waals surface area contributed by atoms with Gasteiger partial charge < -0.3 is 0 Å². The van der Waals surface area contributed by atoms with Crippen molar-refractivity contribution in [2.24, 2.45) is 5.10 Å². The van der Waals surface area contributed by atoms with Crippen LogP contribution in [0, 0.1) is 6.92 Å². The number of nitrogens with one attached hydrogen (secondary N) is 1. The standard InChI is InChI=1S/C23H23N3O3S/c1-18-8-10-19(11-9-18)16-24-25-23(27)21-12-14-22(15-13-21)26(30(2,28)29)17-20-6-4-3-5-7-20/h3-16H,17H2,1-2H3,(H,25,27). The molecule has 0 bridgehead atoms. The van der Waals surface area contributed by atoms with Crippen LogP contribution in [0.25, 0.3) is 0 Å². The maximum Gasteiger partial charge on any atom is 0.271 e. The van der Waals surface area contributed by atoms with E-state index in [1.54, 1.807) is 30.5 Å². The van der Waals surface area contributed by atoms with Gasteiger partial charge >= 0.3 is 0 Å². The van der Waals surface area contributed by atoms with Crippen LogP contribution in [-0.4, -0.2) is 26.8 Å². The molecular formula is C23H23N3O3S. The minimum absolute atomic E-state index is 0.214. The maximum atomic E-state index is 12.3. The molecule has 6 nitrogen and oxygen atoms in total. The van der Waals surface area contributed by atoms with Gasteiger partial charge in [-0.15, -0.1) is 0 Å². The zero-order valence-electron chi connectivity index (χ0n) is 16.8. The highest BCUT2D eigenvalue weighted by atomic mass is 32.2. The summed E-state index contributed by atoms with van der Waals surface area (Å²) >= 11 is 0. The summed E-state index contributed by atoms with van der Waals surface area (Å²) in [6.45, 7) is 2.21. The molecule has 0 spiro atoms. The van der Waals surface area contributed by atoms with Crippen molar-refractivity contribution in [3.8, 4) is 0 Å². The summed E-state index contributed by atoms with van der Waals surface area (Å²) in [5.74, 6) is -0.376. The molecule has 0 aromatic heterocycles. The molecule has 1 amide bonds.